The third-order valence-corrected chi connectivity index (χ3v) is 9.17. The van der Waals surface area contributed by atoms with Crippen LogP contribution in [-0.2, 0) is 27.2 Å². The van der Waals surface area contributed by atoms with Gasteiger partial charge in [0.25, 0.3) is 5.69 Å². The number of fused-ring (bicyclic) bond motifs is 3. The van der Waals surface area contributed by atoms with Crippen LogP contribution in [0.3, 0.4) is 0 Å². The van der Waals surface area contributed by atoms with Crippen LogP contribution in [-0.4, -0.2) is 72.8 Å². The van der Waals surface area contributed by atoms with Crippen LogP contribution in [0, 0.1) is 10.1 Å². The van der Waals surface area contributed by atoms with Crippen LogP contribution in [0.1, 0.15) is 88.8 Å². The lowest BCUT2D eigenvalue weighted by Crippen LogP contribution is -2.54. The van der Waals surface area contributed by atoms with Crippen LogP contribution in [0.4, 0.5) is 5.69 Å². The second kappa shape index (κ2) is 13.7. The van der Waals surface area contributed by atoms with Crippen molar-refractivity contribution in [2.24, 2.45) is 0 Å². The summed E-state index contributed by atoms with van der Waals surface area (Å²) in [6, 6.07) is 11.4. The first-order valence-electron chi connectivity index (χ1n) is 14.8. The molecule has 2 aliphatic carbocycles. The summed E-state index contributed by atoms with van der Waals surface area (Å²) < 4.78 is 12.2. The number of aliphatic hydroxyl groups excluding tert-OH is 1. The highest BCUT2D eigenvalue weighted by Gasteiger charge is 2.49. The van der Waals surface area contributed by atoms with Gasteiger partial charge < -0.3 is 35.2 Å². The smallest absolute Gasteiger partial charge is 0.269 e. The number of nitrogens with one attached hydrogen (secondary N) is 1. The number of ether oxygens (including phenoxy) is 2. The number of aliphatic hydroxyl groups is 2. The molecule has 1 heterocycles. The maximum Gasteiger partial charge on any atom is 0.269 e. The Morgan fingerprint density at radius 3 is 2.21 bits per heavy atom. The molecule has 3 aromatic rings. The van der Waals surface area contributed by atoms with Crippen molar-refractivity contribution in [3.8, 4) is 11.5 Å². The Bertz CT molecular complexity index is 1780. The summed E-state index contributed by atoms with van der Waals surface area (Å²) in [4.78, 5) is 50.2. The first-order valence-corrected chi connectivity index (χ1v) is 14.8. The number of nitrogens with zero attached hydrogens (tertiary/aromatic N) is 1. The summed E-state index contributed by atoms with van der Waals surface area (Å²) in [6.45, 7) is 3.06. The highest BCUT2D eigenvalue weighted by Crippen LogP contribution is 2.52. The molecule has 4 unspecified atom stereocenters. The molecule has 48 heavy (non-hydrogen) atoms. The van der Waals surface area contributed by atoms with Crippen molar-refractivity contribution in [2.75, 3.05) is 0 Å². The van der Waals surface area contributed by atoms with E-state index in [2.05, 4.69) is 5.32 Å². The molecular formula is C34H37ClN2O11. The lowest BCUT2D eigenvalue weighted by Gasteiger charge is -2.43. The number of ketones is 3. The molecule has 6 atom stereocenters. The molecule has 3 aliphatic rings. The third kappa shape index (κ3) is 6.20. The van der Waals surface area contributed by atoms with E-state index < -0.39 is 87.6 Å². The average molecular weight is 685 g/mol. The summed E-state index contributed by atoms with van der Waals surface area (Å²) in [7, 11) is 0. The number of nitro benzene ring substituents is 1. The minimum absolute atomic E-state index is 0. The zero-order valence-electron chi connectivity index (χ0n) is 25.3. The van der Waals surface area contributed by atoms with E-state index in [9.17, 15) is 44.9 Å². The Morgan fingerprint density at radius 2 is 1.65 bits per heavy atom. The quantitative estimate of drug-likeness (QED) is 0.107. The standard InChI is InChI=1S/C33H32N2O11.CH4.ClH/c1-15-28(37)22(34-14-17-7-9-18(10-8-17)35(43)44)11-24(45-15)46-23-13-33(42,16(2)36)12-21-25(23)32(41)27-26(31(21)40)29(38)19-5-3-4-6-20(19)30(27)39;;/h3-10,15,22-24,28,34,37,40-42H,11-14H2,1-2H3;1H4;1H/t15?,22?,23-,24?,28?,33-;;/m0../s1. The van der Waals surface area contributed by atoms with Crippen molar-refractivity contribution in [2.45, 2.75) is 83.3 Å². The Kier molecular flexibility index (Phi) is 10.4. The number of hydrogen-bond acceptors (Lipinski definition) is 12. The molecule has 0 saturated carbocycles. The lowest BCUT2D eigenvalue weighted by molar-refractivity contribution is -0.384. The number of rotatable bonds is 7. The molecule has 256 valence electrons. The summed E-state index contributed by atoms with van der Waals surface area (Å²) in [5.41, 5.74) is -2.19. The van der Waals surface area contributed by atoms with Gasteiger partial charge in [-0.15, -0.1) is 12.4 Å². The molecule has 13 nitrogen and oxygen atoms in total. The van der Waals surface area contributed by atoms with Crippen molar-refractivity contribution in [3.63, 3.8) is 0 Å². The van der Waals surface area contributed by atoms with Gasteiger partial charge in [0, 0.05) is 66.2 Å². The summed E-state index contributed by atoms with van der Waals surface area (Å²) >= 11 is 0. The van der Waals surface area contributed by atoms with Crippen LogP contribution >= 0.6 is 12.4 Å². The van der Waals surface area contributed by atoms with Crippen molar-refractivity contribution < 1.29 is 49.2 Å². The van der Waals surface area contributed by atoms with Gasteiger partial charge in [0.15, 0.2) is 23.6 Å². The molecule has 5 N–H and O–H groups in total. The van der Waals surface area contributed by atoms with E-state index in [4.69, 9.17) is 9.47 Å². The van der Waals surface area contributed by atoms with Gasteiger partial charge in [-0.2, -0.15) is 0 Å². The molecular weight excluding hydrogens is 648 g/mol. The zero-order valence-corrected chi connectivity index (χ0v) is 26.2. The van der Waals surface area contributed by atoms with Gasteiger partial charge in [-0.05, 0) is 19.4 Å². The minimum atomic E-state index is -2.04. The van der Waals surface area contributed by atoms with Crippen LogP contribution in [0.5, 0.6) is 11.5 Å². The number of carbonyl (C=O) groups is 3. The number of carbonyl (C=O) groups excluding carboxylic acids is 3. The highest BCUT2D eigenvalue weighted by atomic mass is 35.5. The van der Waals surface area contributed by atoms with Gasteiger partial charge in [-0.3, -0.25) is 24.5 Å². The predicted octanol–water partition coefficient (Wildman–Crippen LogP) is 3.82. The highest BCUT2D eigenvalue weighted by molar-refractivity contribution is 6.30. The van der Waals surface area contributed by atoms with E-state index in [0.717, 1.165) is 5.56 Å². The maximum atomic E-state index is 13.5. The Labute approximate surface area is 282 Å². The maximum absolute atomic E-state index is 13.5. The van der Waals surface area contributed by atoms with E-state index in [1.807, 2.05) is 0 Å². The van der Waals surface area contributed by atoms with Gasteiger partial charge in [0.05, 0.1) is 34.4 Å². The van der Waals surface area contributed by atoms with E-state index >= 15 is 0 Å². The van der Waals surface area contributed by atoms with Crippen molar-refractivity contribution in [3.05, 3.63) is 97.6 Å². The number of aromatic hydroxyl groups is 2. The zero-order chi connectivity index (χ0) is 33.1. The monoisotopic (exact) mass is 684 g/mol. The normalized spacial score (nSPS) is 25.9. The first-order chi connectivity index (χ1) is 21.8. The predicted molar refractivity (Wildman–Crippen MR) is 174 cm³/mol. The van der Waals surface area contributed by atoms with Gasteiger partial charge in [-0.25, -0.2) is 0 Å². The molecule has 1 saturated heterocycles. The average Bonchev–Trinajstić information content (AvgIpc) is 3.02. The second-order valence-electron chi connectivity index (χ2n) is 12.0. The van der Waals surface area contributed by atoms with Crippen molar-refractivity contribution in [1.29, 1.82) is 0 Å². The van der Waals surface area contributed by atoms with E-state index in [1.54, 1.807) is 31.2 Å². The fourth-order valence-corrected chi connectivity index (χ4v) is 6.58. The molecule has 0 amide bonds. The molecule has 0 radical (unpaired) electrons. The summed E-state index contributed by atoms with van der Waals surface area (Å²) in [5.74, 6) is -3.21. The van der Waals surface area contributed by atoms with Crippen LogP contribution in [0.15, 0.2) is 48.5 Å². The number of nitro groups is 1. The molecule has 0 spiro atoms. The van der Waals surface area contributed by atoms with Gasteiger partial charge in [0.2, 0.25) is 0 Å². The fraction of sp³-hybridized carbons (Fsp3) is 0.382. The Morgan fingerprint density at radius 1 is 1.06 bits per heavy atom. The first kappa shape index (κ1) is 36.6. The molecule has 0 aromatic heterocycles. The van der Waals surface area contributed by atoms with Gasteiger partial charge in [-0.1, -0.05) is 43.8 Å². The molecule has 3 aromatic carbocycles. The lowest BCUT2D eigenvalue weighted by atomic mass is 9.72. The third-order valence-electron chi connectivity index (χ3n) is 9.17. The minimum Gasteiger partial charge on any atom is -0.507 e. The van der Waals surface area contributed by atoms with E-state index in [1.165, 1.54) is 31.2 Å². The molecule has 0 bridgehead atoms. The van der Waals surface area contributed by atoms with Gasteiger partial charge >= 0.3 is 0 Å². The van der Waals surface area contributed by atoms with Crippen molar-refractivity contribution in [1.82, 2.24) is 5.32 Å². The topological polar surface area (TPSA) is 206 Å². The van der Waals surface area contributed by atoms with Crippen LogP contribution < -0.4 is 5.32 Å². The largest absolute Gasteiger partial charge is 0.507 e. The molecule has 1 fully saturated rings. The van der Waals surface area contributed by atoms with Crippen LogP contribution in [0.2, 0.25) is 0 Å². The number of hydrogen-bond donors (Lipinski definition) is 5. The number of benzene rings is 3. The van der Waals surface area contributed by atoms with E-state index in [0.29, 0.717) is 0 Å². The number of halogens is 1. The van der Waals surface area contributed by atoms with Crippen LogP contribution in [0.25, 0.3) is 0 Å². The number of phenols is 2. The fourth-order valence-electron chi connectivity index (χ4n) is 6.58. The number of phenolic OH excluding ortho intramolecular Hbond substituents is 2. The SMILES string of the molecule is C.CC(=O)[C@]1(O)Cc2c(O)c3c(c(O)c2[C@@H](OC2CC(NCc4ccc([N+](=O)[O-])cc4)C(O)C(C)O2)C1)C(=O)c1ccccc1C3=O.Cl. The molecule has 14 heteroatoms. The molecule has 1 aliphatic heterocycles. The second-order valence-corrected chi connectivity index (χ2v) is 12.0. The number of non-ortho nitro benzene ring substituents is 1. The van der Waals surface area contributed by atoms with E-state index in [-0.39, 0.29) is 67.2 Å². The number of Topliss-reactive ketones (excluding diaryl/α,β-unsaturated/α-hetero) is 1. The van der Waals surface area contributed by atoms with Crippen molar-refractivity contribution >= 4 is 35.4 Å². The Balaban J connectivity index is 0.00000260. The molecule has 6 rings (SSSR count). The van der Waals surface area contributed by atoms with Gasteiger partial charge in [0.1, 0.15) is 17.1 Å². The summed E-state index contributed by atoms with van der Waals surface area (Å²) in [6.07, 6.45) is -4.74. The Hall–Kier alpha value is -4.24. The summed E-state index contributed by atoms with van der Waals surface area (Å²) in [5, 5.41) is 59.4.